The number of rotatable bonds is 7. The Balaban J connectivity index is 2.08. The van der Waals surface area contributed by atoms with Crippen LogP contribution in [0.4, 0.5) is 18.9 Å². The highest BCUT2D eigenvalue weighted by molar-refractivity contribution is 5.93. The number of nitrogens with zero attached hydrogens (tertiary/aromatic N) is 1. The summed E-state index contributed by atoms with van der Waals surface area (Å²) >= 11 is 0. The third-order valence-corrected chi connectivity index (χ3v) is 3.40. The first-order valence-corrected chi connectivity index (χ1v) is 8.10. The zero-order chi connectivity index (χ0) is 19.9. The van der Waals surface area contributed by atoms with Gasteiger partial charge in [-0.15, -0.1) is 0 Å². The van der Waals surface area contributed by atoms with Gasteiger partial charge in [-0.3, -0.25) is 4.79 Å². The highest BCUT2D eigenvalue weighted by Crippen LogP contribution is 2.35. The number of carbonyl (C=O) groups is 1. The van der Waals surface area contributed by atoms with E-state index < -0.39 is 24.3 Å². The molecule has 1 amide bonds. The quantitative estimate of drug-likeness (QED) is 0.776. The van der Waals surface area contributed by atoms with Crippen molar-refractivity contribution in [2.75, 3.05) is 18.5 Å². The highest BCUT2D eigenvalue weighted by atomic mass is 19.4. The number of nitriles is 1. The van der Waals surface area contributed by atoms with Crippen molar-refractivity contribution in [1.29, 1.82) is 5.26 Å². The lowest BCUT2D eigenvalue weighted by atomic mass is 10.1. The van der Waals surface area contributed by atoms with Gasteiger partial charge in [-0.1, -0.05) is 6.92 Å². The molecule has 1 N–H and O–H groups in total. The van der Waals surface area contributed by atoms with Gasteiger partial charge in [0.2, 0.25) is 0 Å². The Kier molecular flexibility index (Phi) is 6.66. The maximum absolute atomic E-state index is 12.9. The maximum Gasteiger partial charge on any atom is 0.416 e. The van der Waals surface area contributed by atoms with E-state index in [-0.39, 0.29) is 11.4 Å². The molecule has 0 bridgehead atoms. The molecule has 27 heavy (non-hydrogen) atoms. The Morgan fingerprint density at radius 2 is 1.85 bits per heavy atom. The van der Waals surface area contributed by atoms with E-state index in [0.717, 1.165) is 12.1 Å². The number of nitrogens with one attached hydrogen (secondary N) is 1. The number of carbonyl (C=O) groups excluding carboxylic acids is 1. The van der Waals surface area contributed by atoms with Gasteiger partial charge in [0.1, 0.15) is 11.5 Å². The molecule has 0 saturated heterocycles. The first-order valence-electron chi connectivity index (χ1n) is 8.10. The van der Waals surface area contributed by atoms with Gasteiger partial charge >= 0.3 is 6.18 Å². The smallest absolute Gasteiger partial charge is 0.416 e. The van der Waals surface area contributed by atoms with Crippen LogP contribution in [0.15, 0.2) is 42.5 Å². The fourth-order valence-electron chi connectivity index (χ4n) is 2.10. The van der Waals surface area contributed by atoms with Gasteiger partial charge in [0, 0.05) is 0 Å². The molecule has 0 heterocycles. The Bertz CT molecular complexity index is 828. The summed E-state index contributed by atoms with van der Waals surface area (Å²) in [5.41, 5.74) is -0.533. The molecule has 0 aliphatic heterocycles. The molecule has 0 saturated carbocycles. The first kappa shape index (κ1) is 20.1. The minimum Gasteiger partial charge on any atom is -0.491 e. The van der Waals surface area contributed by atoms with E-state index in [0.29, 0.717) is 24.3 Å². The van der Waals surface area contributed by atoms with Crippen molar-refractivity contribution in [3.63, 3.8) is 0 Å². The first-order chi connectivity index (χ1) is 12.8. The van der Waals surface area contributed by atoms with Crippen molar-refractivity contribution in [2.24, 2.45) is 0 Å². The molecule has 2 rings (SSSR count). The summed E-state index contributed by atoms with van der Waals surface area (Å²) in [5.74, 6) is -0.132. The van der Waals surface area contributed by atoms with Gasteiger partial charge < -0.3 is 14.8 Å². The number of alkyl halides is 3. The van der Waals surface area contributed by atoms with Crippen LogP contribution in [0.1, 0.15) is 24.5 Å². The number of amides is 1. The third-order valence-electron chi connectivity index (χ3n) is 3.40. The predicted molar refractivity (Wildman–Crippen MR) is 92.5 cm³/mol. The van der Waals surface area contributed by atoms with Crippen LogP contribution in [0.5, 0.6) is 11.5 Å². The van der Waals surface area contributed by atoms with E-state index in [2.05, 4.69) is 5.32 Å². The molecule has 8 heteroatoms. The maximum atomic E-state index is 12.9. The van der Waals surface area contributed by atoms with Crippen LogP contribution < -0.4 is 14.8 Å². The zero-order valence-corrected chi connectivity index (χ0v) is 14.5. The number of hydrogen-bond acceptors (Lipinski definition) is 4. The lowest BCUT2D eigenvalue weighted by Gasteiger charge is -2.15. The van der Waals surface area contributed by atoms with E-state index in [1.807, 2.05) is 13.0 Å². The Hall–Kier alpha value is -3.21. The van der Waals surface area contributed by atoms with Crippen LogP contribution >= 0.6 is 0 Å². The molecule has 0 spiro atoms. The van der Waals surface area contributed by atoms with Gasteiger partial charge in [-0.25, -0.2) is 0 Å². The molecule has 2 aromatic carbocycles. The summed E-state index contributed by atoms with van der Waals surface area (Å²) in [5, 5.41) is 11.1. The average Bonchev–Trinajstić information content (AvgIpc) is 2.65. The van der Waals surface area contributed by atoms with E-state index in [9.17, 15) is 18.0 Å². The minimum absolute atomic E-state index is 0.0771. The standard InChI is InChI=1S/C19H17F3N2O3/c1-2-9-26-17-8-5-14(19(20,21)22)10-16(17)24-18(25)12-27-15-6-3-13(11-23)4-7-15/h3-8,10H,2,9,12H2,1H3,(H,24,25). The normalized spacial score (nSPS) is 10.8. The van der Waals surface area contributed by atoms with Crippen molar-refractivity contribution in [3.8, 4) is 17.6 Å². The molecule has 0 aliphatic carbocycles. The fraction of sp³-hybridized carbons (Fsp3) is 0.263. The topological polar surface area (TPSA) is 71.3 Å². The Morgan fingerprint density at radius 3 is 2.44 bits per heavy atom. The van der Waals surface area contributed by atoms with Gasteiger partial charge in [-0.05, 0) is 48.9 Å². The third kappa shape index (κ3) is 5.92. The SMILES string of the molecule is CCCOc1ccc(C(F)(F)F)cc1NC(=O)COc1ccc(C#N)cc1. The van der Waals surface area contributed by atoms with Crippen molar-refractivity contribution in [2.45, 2.75) is 19.5 Å². The Labute approximate surface area is 154 Å². The number of hydrogen-bond donors (Lipinski definition) is 1. The molecule has 142 valence electrons. The second-order valence-electron chi connectivity index (χ2n) is 5.53. The van der Waals surface area contributed by atoms with Crippen LogP contribution in [-0.4, -0.2) is 19.1 Å². The van der Waals surface area contributed by atoms with E-state index in [1.165, 1.54) is 30.3 Å². The summed E-state index contributed by atoms with van der Waals surface area (Å²) < 4.78 is 49.4. The minimum atomic E-state index is -4.54. The Morgan fingerprint density at radius 1 is 1.15 bits per heavy atom. The number of benzene rings is 2. The molecule has 0 radical (unpaired) electrons. The van der Waals surface area contributed by atoms with E-state index in [1.54, 1.807) is 0 Å². The molecule has 2 aromatic rings. The van der Waals surface area contributed by atoms with Crippen LogP contribution in [0.3, 0.4) is 0 Å². The molecule has 0 fully saturated rings. The van der Waals surface area contributed by atoms with Crippen molar-refractivity contribution in [1.82, 2.24) is 0 Å². The summed E-state index contributed by atoms with van der Waals surface area (Å²) in [7, 11) is 0. The summed E-state index contributed by atoms with van der Waals surface area (Å²) in [6.45, 7) is 1.75. The molecule has 0 atom stereocenters. The van der Waals surface area contributed by atoms with Crippen LogP contribution in [0.2, 0.25) is 0 Å². The van der Waals surface area contributed by atoms with Crippen molar-refractivity contribution in [3.05, 3.63) is 53.6 Å². The lowest BCUT2D eigenvalue weighted by molar-refractivity contribution is -0.137. The average molecular weight is 378 g/mol. The van der Waals surface area contributed by atoms with E-state index >= 15 is 0 Å². The largest absolute Gasteiger partial charge is 0.491 e. The summed E-state index contributed by atoms with van der Waals surface area (Å²) in [4.78, 5) is 12.1. The van der Waals surface area contributed by atoms with Gasteiger partial charge in [0.25, 0.3) is 5.91 Å². The van der Waals surface area contributed by atoms with Crippen molar-refractivity contribution >= 4 is 11.6 Å². The molecule has 5 nitrogen and oxygen atoms in total. The number of halogens is 3. The highest BCUT2D eigenvalue weighted by Gasteiger charge is 2.31. The molecule has 0 aliphatic rings. The second-order valence-corrected chi connectivity index (χ2v) is 5.53. The number of anilines is 1. The molecule has 0 aromatic heterocycles. The van der Waals surface area contributed by atoms with Crippen LogP contribution in [-0.2, 0) is 11.0 Å². The zero-order valence-electron chi connectivity index (χ0n) is 14.5. The molecule has 0 unspecified atom stereocenters. The molecular weight excluding hydrogens is 361 g/mol. The number of ether oxygens (including phenoxy) is 2. The molecular formula is C19H17F3N2O3. The summed E-state index contributed by atoms with van der Waals surface area (Å²) in [6, 6.07) is 10.9. The monoisotopic (exact) mass is 378 g/mol. The fourth-order valence-corrected chi connectivity index (χ4v) is 2.10. The van der Waals surface area contributed by atoms with Gasteiger partial charge in [0.05, 0.1) is 29.5 Å². The predicted octanol–water partition coefficient (Wildman–Crippen LogP) is 4.38. The van der Waals surface area contributed by atoms with Gasteiger partial charge in [-0.2, -0.15) is 18.4 Å². The second kappa shape index (κ2) is 8.94. The van der Waals surface area contributed by atoms with E-state index in [4.69, 9.17) is 14.7 Å². The van der Waals surface area contributed by atoms with Crippen LogP contribution in [0, 0.1) is 11.3 Å². The van der Waals surface area contributed by atoms with Gasteiger partial charge in [0.15, 0.2) is 6.61 Å². The lowest BCUT2D eigenvalue weighted by Crippen LogP contribution is -2.21. The van der Waals surface area contributed by atoms with Crippen LogP contribution in [0.25, 0.3) is 0 Å². The van der Waals surface area contributed by atoms with Crippen molar-refractivity contribution < 1.29 is 27.4 Å². The summed E-state index contributed by atoms with van der Waals surface area (Å²) in [6.07, 6.45) is -3.88.